The van der Waals surface area contributed by atoms with Crippen LogP contribution in [-0.4, -0.2) is 36.1 Å². The van der Waals surface area contributed by atoms with E-state index in [0.29, 0.717) is 23.0 Å². The number of hydrogen-bond donors (Lipinski definition) is 2. The van der Waals surface area contributed by atoms with E-state index in [1.54, 1.807) is 12.1 Å². The first-order chi connectivity index (χ1) is 16.0. The van der Waals surface area contributed by atoms with Crippen LogP contribution in [0.15, 0.2) is 29.8 Å². The van der Waals surface area contributed by atoms with Crippen molar-refractivity contribution in [1.82, 2.24) is 4.57 Å². The van der Waals surface area contributed by atoms with Gasteiger partial charge in [0, 0.05) is 30.5 Å². The summed E-state index contributed by atoms with van der Waals surface area (Å²) in [5, 5.41) is 14.7. The lowest BCUT2D eigenvalue weighted by molar-refractivity contribution is -0.142. The molecule has 1 aromatic carbocycles. The molecule has 0 unspecified atom stereocenters. The van der Waals surface area contributed by atoms with Crippen molar-refractivity contribution in [3.8, 4) is 11.8 Å². The SMILES string of the molecule is COc1ccc(NC(C)=O)cc1NC(=O)COC(=O)/C(C#N)=C/c1cc(C)n(CC(C)C)c1C. The summed E-state index contributed by atoms with van der Waals surface area (Å²) >= 11 is 0. The third kappa shape index (κ3) is 6.97. The number of benzene rings is 1. The molecule has 0 radical (unpaired) electrons. The van der Waals surface area contributed by atoms with Crippen LogP contribution in [0.2, 0.25) is 0 Å². The second-order valence-corrected chi connectivity index (χ2v) is 8.22. The van der Waals surface area contributed by atoms with E-state index in [0.717, 1.165) is 23.5 Å². The van der Waals surface area contributed by atoms with Gasteiger partial charge in [-0.05, 0) is 55.7 Å². The molecule has 2 rings (SSSR count). The van der Waals surface area contributed by atoms with Gasteiger partial charge in [0.25, 0.3) is 5.91 Å². The van der Waals surface area contributed by atoms with Gasteiger partial charge >= 0.3 is 5.97 Å². The Morgan fingerprint density at radius 3 is 2.47 bits per heavy atom. The van der Waals surface area contributed by atoms with E-state index in [-0.39, 0.29) is 11.5 Å². The first kappa shape index (κ1) is 26.2. The number of methoxy groups -OCH3 is 1. The molecule has 180 valence electrons. The standard InChI is InChI=1S/C25H30N4O5/c1-15(2)13-29-16(3)9-19(17(29)4)10-20(12-26)25(32)34-14-24(31)28-22-11-21(27-18(5)30)7-8-23(22)33-6/h7-11,15H,13-14H2,1-6H3,(H,27,30)(H,28,31)/b20-10+. The predicted molar refractivity (Wildman–Crippen MR) is 129 cm³/mol. The van der Waals surface area contributed by atoms with Crippen LogP contribution >= 0.6 is 0 Å². The van der Waals surface area contributed by atoms with Crippen molar-refractivity contribution < 1.29 is 23.9 Å². The molecule has 0 fully saturated rings. The van der Waals surface area contributed by atoms with Gasteiger partial charge in [-0.25, -0.2) is 4.79 Å². The zero-order valence-corrected chi connectivity index (χ0v) is 20.3. The first-order valence-electron chi connectivity index (χ1n) is 10.8. The van der Waals surface area contributed by atoms with Crippen molar-refractivity contribution in [3.05, 3.63) is 46.8 Å². The summed E-state index contributed by atoms with van der Waals surface area (Å²) in [6, 6.07) is 8.48. The Kier molecular flexibility index (Phi) is 9.01. The molecule has 1 heterocycles. The lowest BCUT2D eigenvalue weighted by atomic mass is 10.1. The maximum absolute atomic E-state index is 12.4. The van der Waals surface area contributed by atoms with Gasteiger partial charge in [-0.2, -0.15) is 5.26 Å². The van der Waals surface area contributed by atoms with Crippen molar-refractivity contribution in [2.75, 3.05) is 24.4 Å². The predicted octanol–water partition coefficient (Wildman–Crippen LogP) is 3.82. The molecule has 9 heteroatoms. The van der Waals surface area contributed by atoms with Gasteiger partial charge in [-0.15, -0.1) is 0 Å². The van der Waals surface area contributed by atoms with Crippen molar-refractivity contribution in [3.63, 3.8) is 0 Å². The zero-order valence-electron chi connectivity index (χ0n) is 20.3. The second kappa shape index (κ2) is 11.7. The number of esters is 1. The number of anilines is 2. The summed E-state index contributed by atoms with van der Waals surface area (Å²) < 4.78 is 12.4. The number of aromatic nitrogens is 1. The second-order valence-electron chi connectivity index (χ2n) is 8.22. The number of aryl methyl sites for hydroxylation is 1. The number of carbonyl (C=O) groups is 3. The monoisotopic (exact) mass is 466 g/mol. The van der Waals surface area contributed by atoms with E-state index in [4.69, 9.17) is 9.47 Å². The molecule has 0 saturated carbocycles. The van der Waals surface area contributed by atoms with Gasteiger partial charge in [0.05, 0.1) is 12.8 Å². The van der Waals surface area contributed by atoms with E-state index >= 15 is 0 Å². The highest BCUT2D eigenvalue weighted by molar-refractivity contribution is 6.01. The van der Waals surface area contributed by atoms with E-state index in [1.165, 1.54) is 26.2 Å². The minimum absolute atomic E-state index is 0.206. The van der Waals surface area contributed by atoms with E-state index in [9.17, 15) is 19.6 Å². The molecule has 2 N–H and O–H groups in total. The van der Waals surface area contributed by atoms with Crippen LogP contribution in [0.1, 0.15) is 37.7 Å². The fourth-order valence-corrected chi connectivity index (χ4v) is 3.39. The molecule has 0 atom stereocenters. The van der Waals surface area contributed by atoms with Crippen LogP contribution in [0.3, 0.4) is 0 Å². The highest BCUT2D eigenvalue weighted by Crippen LogP contribution is 2.28. The Morgan fingerprint density at radius 1 is 1.18 bits per heavy atom. The first-order valence-corrected chi connectivity index (χ1v) is 10.8. The van der Waals surface area contributed by atoms with Crippen molar-refractivity contribution in [1.29, 1.82) is 5.26 Å². The topological polar surface area (TPSA) is 122 Å². The summed E-state index contributed by atoms with van der Waals surface area (Å²) in [5.74, 6) is -0.984. The van der Waals surface area contributed by atoms with Crippen LogP contribution in [0.5, 0.6) is 5.75 Å². The maximum atomic E-state index is 12.4. The molecule has 2 aromatic rings. The number of rotatable bonds is 9. The number of carbonyl (C=O) groups excluding carboxylic acids is 3. The van der Waals surface area contributed by atoms with Crippen LogP contribution < -0.4 is 15.4 Å². The third-order valence-corrected chi connectivity index (χ3v) is 4.93. The summed E-state index contributed by atoms with van der Waals surface area (Å²) in [4.78, 5) is 36.1. The smallest absolute Gasteiger partial charge is 0.349 e. The average molecular weight is 467 g/mol. The highest BCUT2D eigenvalue weighted by atomic mass is 16.5. The highest BCUT2D eigenvalue weighted by Gasteiger charge is 2.17. The summed E-state index contributed by atoms with van der Waals surface area (Å²) in [7, 11) is 1.44. The molecular formula is C25H30N4O5. The molecule has 2 amide bonds. The number of hydrogen-bond acceptors (Lipinski definition) is 6. The number of nitrogens with one attached hydrogen (secondary N) is 2. The number of nitriles is 1. The molecule has 1 aromatic heterocycles. The van der Waals surface area contributed by atoms with Crippen molar-refractivity contribution in [2.24, 2.45) is 5.92 Å². The van der Waals surface area contributed by atoms with Gasteiger partial charge in [0.15, 0.2) is 6.61 Å². The van der Waals surface area contributed by atoms with Crippen LogP contribution in [-0.2, 0) is 25.7 Å². The quantitative estimate of drug-likeness (QED) is 0.329. The minimum atomic E-state index is -0.898. The van der Waals surface area contributed by atoms with Crippen LogP contribution in [0.4, 0.5) is 11.4 Å². The van der Waals surface area contributed by atoms with Crippen LogP contribution in [0, 0.1) is 31.1 Å². The Labute approximate surface area is 199 Å². The largest absolute Gasteiger partial charge is 0.495 e. The van der Waals surface area contributed by atoms with E-state index in [2.05, 4.69) is 29.0 Å². The summed E-state index contributed by atoms with van der Waals surface area (Å²) in [5.41, 5.74) is 3.26. The van der Waals surface area contributed by atoms with Gasteiger partial charge in [-0.1, -0.05) is 13.8 Å². The van der Waals surface area contributed by atoms with Gasteiger partial charge in [-0.3, -0.25) is 9.59 Å². The lowest BCUT2D eigenvalue weighted by Crippen LogP contribution is -2.22. The molecule has 0 bridgehead atoms. The number of amides is 2. The van der Waals surface area contributed by atoms with Gasteiger partial charge in [0.2, 0.25) is 5.91 Å². The Hall–Kier alpha value is -4.06. The Balaban J connectivity index is 2.09. The fraction of sp³-hybridized carbons (Fsp3) is 0.360. The molecule has 0 aliphatic rings. The van der Waals surface area contributed by atoms with E-state index in [1.807, 2.05) is 26.0 Å². The lowest BCUT2D eigenvalue weighted by Gasteiger charge is -2.12. The molecule has 9 nitrogen and oxygen atoms in total. The summed E-state index contributed by atoms with van der Waals surface area (Å²) in [6.07, 6.45) is 1.47. The number of nitrogens with zero attached hydrogens (tertiary/aromatic N) is 2. The minimum Gasteiger partial charge on any atom is -0.495 e. The number of ether oxygens (including phenoxy) is 2. The molecule has 0 saturated heterocycles. The van der Waals surface area contributed by atoms with Gasteiger partial charge < -0.3 is 24.7 Å². The maximum Gasteiger partial charge on any atom is 0.349 e. The fourth-order valence-electron chi connectivity index (χ4n) is 3.39. The summed E-state index contributed by atoms with van der Waals surface area (Å²) in [6.45, 7) is 9.72. The van der Waals surface area contributed by atoms with Crippen LogP contribution in [0.25, 0.3) is 6.08 Å². The molecular weight excluding hydrogens is 436 g/mol. The molecule has 0 aliphatic carbocycles. The molecule has 0 aliphatic heterocycles. The zero-order chi connectivity index (χ0) is 25.4. The van der Waals surface area contributed by atoms with Gasteiger partial charge in [0.1, 0.15) is 17.4 Å². The Bertz CT molecular complexity index is 1150. The molecule has 0 spiro atoms. The van der Waals surface area contributed by atoms with E-state index < -0.39 is 18.5 Å². The third-order valence-electron chi connectivity index (χ3n) is 4.93. The average Bonchev–Trinajstić information content (AvgIpc) is 3.02. The Morgan fingerprint density at radius 2 is 1.88 bits per heavy atom. The van der Waals surface area contributed by atoms with Crippen molar-refractivity contribution >= 4 is 35.2 Å². The van der Waals surface area contributed by atoms with Crippen molar-refractivity contribution in [2.45, 2.75) is 41.2 Å². The normalized spacial score (nSPS) is 11.1. The molecule has 34 heavy (non-hydrogen) atoms.